The van der Waals surface area contributed by atoms with E-state index in [1.807, 2.05) is 12.5 Å². The van der Waals surface area contributed by atoms with Crippen molar-refractivity contribution in [3.63, 3.8) is 0 Å². The number of allylic oxidation sites excluding steroid dienone is 2. The molecular weight excluding hydrogens is 360 g/mol. The topological polar surface area (TPSA) is 43.8 Å². The van der Waals surface area contributed by atoms with Gasteiger partial charge in [-0.05, 0) is 55.9 Å². The molecule has 3 heterocycles. The first-order chi connectivity index (χ1) is 13.7. The van der Waals surface area contributed by atoms with Gasteiger partial charge < -0.3 is 10.2 Å². The maximum absolute atomic E-state index is 14.1. The summed E-state index contributed by atoms with van der Waals surface area (Å²) in [7, 11) is 0. The van der Waals surface area contributed by atoms with Crippen LogP contribution in [0.15, 0.2) is 58.6 Å². The molecule has 0 radical (unpaired) electrons. The van der Waals surface area contributed by atoms with Gasteiger partial charge in [-0.1, -0.05) is 0 Å². The predicted octanol–water partition coefficient (Wildman–Crippen LogP) is 4.11. The molecule has 1 saturated carbocycles. The van der Waals surface area contributed by atoms with Crippen LogP contribution in [-0.4, -0.2) is 33.8 Å². The van der Waals surface area contributed by atoms with Crippen molar-refractivity contribution in [1.82, 2.24) is 20.2 Å². The lowest BCUT2D eigenvalue weighted by Crippen LogP contribution is -2.35. The molecule has 0 unspecified atom stereocenters. The second kappa shape index (κ2) is 7.04. The van der Waals surface area contributed by atoms with E-state index in [-0.39, 0.29) is 23.6 Å². The van der Waals surface area contributed by atoms with Crippen LogP contribution in [0.2, 0.25) is 0 Å². The van der Waals surface area contributed by atoms with Gasteiger partial charge in [0.05, 0.1) is 11.7 Å². The minimum atomic E-state index is -0.205. The normalized spacial score (nSPS) is 26.9. The van der Waals surface area contributed by atoms with Crippen LogP contribution in [-0.2, 0) is 0 Å². The largest absolute Gasteiger partial charge is 0.358 e. The molecule has 146 valence electrons. The summed E-state index contributed by atoms with van der Waals surface area (Å²) in [6.45, 7) is 0.729. The first kappa shape index (κ1) is 17.4. The van der Waals surface area contributed by atoms with Gasteiger partial charge in [-0.3, -0.25) is 4.98 Å². The van der Waals surface area contributed by atoms with Crippen molar-refractivity contribution in [2.45, 2.75) is 50.5 Å². The van der Waals surface area contributed by atoms with Crippen LogP contribution in [0.1, 0.15) is 50.1 Å². The average molecular weight is 383 g/mol. The zero-order valence-electron chi connectivity index (χ0n) is 15.6. The van der Waals surface area contributed by atoms with Crippen LogP contribution in [0.5, 0.6) is 0 Å². The van der Waals surface area contributed by atoms with Gasteiger partial charge in [0.25, 0.3) is 0 Å². The fourth-order valence-electron chi connectivity index (χ4n) is 4.60. The number of hydrogen-bond donors (Lipinski definition) is 1. The van der Waals surface area contributed by atoms with E-state index in [2.05, 4.69) is 25.3 Å². The number of aromatic nitrogens is 1. The number of rotatable bonds is 2. The lowest BCUT2D eigenvalue weighted by molar-refractivity contribution is 0.182. The van der Waals surface area contributed by atoms with Crippen molar-refractivity contribution >= 4 is 6.34 Å². The van der Waals surface area contributed by atoms with E-state index < -0.39 is 0 Å². The van der Waals surface area contributed by atoms with E-state index in [0.29, 0.717) is 12.1 Å². The van der Waals surface area contributed by atoms with E-state index in [1.165, 1.54) is 11.6 Å². The number of halogens is 2. The molecule has 0 amide bonds. The zero-order chi connectivity index (χ0) is 19.1. The number of fused-ring (bicyclic) bond motifs is 1. The third kappa shape index (κ3) is 3.08. The van der Waals surface area contributed by atoms with Crippen molar-refractivity contribution in [1.29, 1.82) is 0 Å². The Hall–Kier alpha value is -2.70. The minimum Gasteiger partial charge on any atom is -0.358 e. The molecule has 28 heavy (non-hydrogen) atoms. The molecule has 0 atom stereocenters. The van der Waals surface area contributed by atoms with Crippen molar-refractivity contribution in [3.8, 4) is 0 Å². The van der Waals surface area contributed by atoms with Crippen LogP contribution < -0.4 is 5.32 Å². The predicted molar refractivity (Wildman–Crippen MR) is 103 cm³/mol. The highest BCUT2D eigenvalue weighted by molar-refractivity contribution is 5.62. The number of hydrogen-bond acceptors (Lipinski definition) is 5. The van der Waals surface area contributed by atoms with E-state index in [0.717, 1.165) is 50.2 Å². The van der Waals surface area contributed by atoms with Gasteiger partial charge in [0, 0.05) is 37.0 Å². The highest BCUT2D eigenvalue weighted by Gasteiger charge is 2.34. The molecule has 5 rings (SSSR count). The fraction of sp³-hybridized carbons (Fsp3) is 0.429. The fourth-order valence-corrected chi connectivity index (χ4v) is 4.60. The lowest BCUT2D eigenvalue weighted by Gasteiger charge is -2.34. The second-order valence-corrected chi connectivity index (χ2v) is 7.83. The van der Waals surface area contributed by atoms with Gasteiger partial charge in [-0.25, -0.2) is 13.8 Å². The molecule has 0 spiro atoms. The maximum Gasteiger partial charge on any atom is 0.147 e. The molecule has 2 aliphatic carbocycles. The summed E-state index contributed by atoms with van der Waals surface area (Å²) in [5.74, 6) is 0.889. The Morgan fingerprint density at radius 2 is 1.96 bits per heavy atom. The van der Waals surface area contributed by atoms with Crippen molar-refractivity contribution in [2.24, 2.45) is 5.10 Å². The van der Waals surface area contributed by atoms with E-state index in [1.54, 1.807) is 18.3 Å². The molecule has 2 aliphatic heterocycles. The molecule has 1 aromatic heterocycles. The second-order valence-electron chi connectivity index (χ2n) is 7.83. The van der Waals surface area contributed by atoms with E-state index >= 15 is 0 Å². The molecule has 7 heteroatoms. The van der Waals surface area contributed by atoms with Crippen molar-refractivity contribution < 1.29 is 8.78 Å². The molecule has 0 saturated heterocycles. The highest BCUT2D eigenvalue weighted by Crippen LogP contribution is 2.38. The van der Waals surface area contributed by atoms with Crippen LogP contribution in [0.4, 0.5) is 8.78 Å². The number of nitrogens with zero attached hydrogens (tertiary/aromatic N) is 4. The van der Waals surface area contributed by atoms with Crippen molar-refractivity contribution in [2.75, 3.05) is 6.54 Å². The molecule has 4 aliphatic rings. The van der Waals surface area contributed by atoms with E-state index in [9.17, 15) is 8.78 Å². The summed E-state index contributed by atoms with van der Waals surface area (Å²) >= 11 is 0. The molecule has 5 nitrogen and oxygen atoms in total. The zero-order valence-corrected chi connectivity index (χ0v) is 15.6. The summed E-state index contributed by atoms with van der Waals surface area (Å²) in [6, 6.07) is 3.41. The monoisotopic (exact) mass is 383 g/mol. The first-order valence-electron chi connectivity index (χ1n) is 9.94. The molecule has 1 aromatic rings. The molecule has 0 aromatic carbocycles. The minimum absolute atomic E-state index is 0.0719. The summed E-state index contributed by atoms with van der Waals surface area (Å²) in [6.07, 6.45) is 11.9. The third-order valence-electron chi connectivity index (χ3n) is 6.13. The van der Waals surface area contributed by atoms with Gasteiger partial charge in [-0.2, -0.15) is 5.10 Å². The Balaban J connectivity index is 1.28. The molecule has 1 N–H and O–H groups in total. The van der Waals surface area contributed by atoms with Gasteiger partial charge in [-0.15, -0.1) is 0 Å². The molecule has 1 fully saturated rings. The summed E-state index contributed by atoms with van der Waals surface area (Å²) < 4.78 is 27.7. The quantitative estimate of drug-likeness (QED) is 0.835. The van der Waals surface area contributed by atoms with Gasteiger partial charge in [0.1, 0.15) is 23.8 Å². The summed E-state index contributed by atoms with van der Waals surface area (Å²) in [5, 5.41) is 9.98. The third-order valence-corrected chi connectivity index (χ3v) is 6.13. The Labute approximate surface area is 163 Å². The van der Waals surface area contributed by atoms with Crippen LogP contribution in [0, 0.1) is 5.82 Å². The van der Waals surface area contributed by atoms with Crippen LogP contribution in [0.3, 0.4) is 0 Å². The van der Waals surface area contributed by atoms with E-state index in [4.69, 9.17) is 0 Å². The van der Waals surface area contributed by atoms with Gasteiger partial charge >= 0.3 is 0 Å². The smallest absolute Gasteiger partial charge is 0.147 e. The highest BCUT2D eigenvalue weighted by atomic mass is 19.1. The first-order valence-corrected chi connectivity index (χ1v) is 9.94. The Morgan fingerprint density at radius 3 is 2.79 bits per heavy atom. The SMILES string of the molecule is FC1=CC2=C(CC1)CN1C=NN(C3CCC(c4ncccc4F)CC3)C1=CN2. The van der Waals surface area contributed by atoms with Gasteiger partial charge in [0.15, 0.2) is 0 Å². The molecule has 0 bridgehead atoms. The summed E-state index contributed by atoms with van der Waals surface area (Å²) in [5.41, 5.74) is 2.66. The maximum atomic E-state index is 14.1. The van der Waals surface area contributed by atoms with Crippen LogP contribution >= 0.6 is 0 Å². The van der Waals surface area contributed by atoms with Crippen molar-refractivity contribution in [3.05, 3.63) is 65.0 Å². The molecular formula is C21H23F2N5. The lowest BCUT2D eigenvalue weighted by atomic mass is 9.83. The number of nitrogens with one attached hydrogen (secondary N) is 1. The van der Waals surface area contributed by atoms with Crippen LogP contribution in [0.25, 0.3) is 0 Å². The standard InChI is InChI=1S/C21H23F2N5/c22-16-6-3-15-12-27-13-26-28(20(27)11-25-19(15)10-16)17-7-4-14(5-8-17)21-18(23)2-1-9-24-21/h1-2,9-11,13-14,17,25H,3-8,12H2. The average Bonchev–Trinajstić information content (AvgIpc) is 3.02. The number of hydrazone groups is 1. The Kier molecular flexibility index (Phi) is 4.37. The summed E-state index contributed by atoms with van der Waals surface area (Å²) in [4.78, 5) is 6.38. The Morgan fingerprint density at radius 1 is 1.11 bits per heavy atom. The van der Waals surface area contributed by atoms with Gasteiger partial charge in [0.2, 0.25) is 0 Å². The number of pyridine rings is 1. The Bertz CT molecular complexity index is 896.